The lowest BCUT2D eigenvalue weighted by molar-refractivity contribution is 0.0399. The van der Waals surface area contributed by atoms with Crippen molar-refractivity contribution in [2.75, 3.05) is 19.6 Å². The summed E-state index contributed by atoms with van der Waals surface area (Å²) >= 11 is 0. The molecule has 0 radical (unpaired) electrons. The standard InChI is InChI=1S/C29H26N4O/c30-16-15-25-21-32(28(22-9-3-1-4-10-22)23-11-5-2-6-12-23)17-18-33(25)29(34)27-20-31-19-24-13-7-8-14-26(24)27/h1-14,19-20,25,28H,15,17-18,21H2/t25-/m1/s1. The molecule has 2 heterocycles. The molecule has 4 aromatic rings. The first-order valence-corrected chi connectivity index (χ1v) is 11.6. The summed E-state index contributed by atoms with van der Waals surface area (Å²) in [5.41, 5.74) is 3.02. The van der Waals surface area contributed by atoms with Crippen molar-refractivity contribution in [2.45, 2.75) is 18.5 Å². The number of carbonyl (C=O) groups excluding carboxylic acids is 1. The van der Waals surface area contributed by atoms with Crippen LogP contribution in [0.4, 0.5) is 0 Å². The molecule has 168 valence electrons. The molecule has 0 saturated carbocycles. The summed E-state index contributed by atoms with van der Waals surface area (Å²) in [6.07, 6.45) is 3.72. The van der Waals surface area contributed by atoms with Crippen LogP contribution < -0.4 is 0 Å². The van der Waals surface area contributed by atoms with Gasteiger partial charge >= 0.3 is 0 Å². The summed E-state index contributed by atoms with van der Waals surface area (Å²) in [7, 11) is 0. The van der Waals surface area contributed by atoms with Crippen molar-refractivity contribution < 1.29 is 4.79 Å². The van der Waals surface area contributed by atoms with E-state index < -0.39 is 0 Å². The third-order valence-corrected chi connectivity index (χ3v) is 6.60. The van der Waals surface area contributed by atoms with Gasteiger partial charge in [0.2, 0.25) is 0 Å². The molecular formula is C29H26N4O. The van der Waals surface area contributed by atoms with E-state index in [1.165, 1.54) is 11.1 Å². The van der Waals surface area contributed by atoms with E-state index in [1.807, 2.05) is 41.3 Å². The molecular weight excluding hydrogens is 420 g/mol. The lowest BCUT2D eigenvalue weighted by atomic mass is 9.94. The van der Waals surface area contributed by atoms with Gasteiger partial charge in [0.1, 0.15) is 0 Å². The van der Waals surface area contributed by atoms with Gasteiger partial charge in [0.05, 0.1) is 30.1 Å². The van der Waals surface area contributed by atoms with Gasteiger partial charge in [0.15, 0.2) is 0 Å². The maximum absolute atomic E-state index is 13.7. The number of aromatic nitrogens is 1. The third kappa shape index (κ3) is 4.28. The smallest absolute Gasteiger partial charge is 0.256 e. The molecule has 1 aliphatic rings. The van der Waals surface area contributed by atoms with Gasteiger partial charge in [-0.05, 0) is 16.5 Å². The van der Waals surface area contributed by atoms with Crippen molar-refractivity contribution in [3.8, 4) is 6.07 Å². The molecule has 5 heteroatoms. The van der Waals surface area contributed by atoms with Crippen LogP contribution >= 0.6 is 0 Å². The fraction of sp³-hybridized carbons (Fsp3) is 0.207. The second-order valence-corrected chi connectivity index (χ2v) is 8.64. The van der Waals surface area contributed by atoms with Gasteiger partial charge < -0.3 is 4.90 Å². The minimum Gasteiger partial charge on any atom is -0.332 e. The fourth-order valence-corrected chi connectivity index (χ4v) is 4.99. The van der Waals surface area contributed by atoms with Gasteiger partial charge in [-0.25, -0.2) is 0 Å². The maximum Gasteiger partial charge on any atom is 0.256 e. The summed E-state index contributed by atoms with van der Waals surface area (Å²) in [6, 6.07) is 30.9. The molecule has 1 fully saturated rings. The van der Waals surface area contributed by atoms with Crippen LogP contribution in [0, 0.1) is 11.3 Å². The molecule has 34 heavy (non-hydrogen) atoms. The summed E-state index contributed by atoms with van der Waals surface area (Å²) in [5, 5.41) is 11.4. The highest BCUT2D eigenvalue weighted by Gasteiger charge is 2.35. The minimum atomic E-state index is -0.194. The predicted molar refractivity (Wildman–Crippen MR) is 133 cm³/mol. The van der Waals surface area contributed by atoms with Crippen molar-refractivity contribution >= 4 is 16.7 Å². The predicted octanol–water partition coefficient (Wildman–Crippen LogP) is 5.06. The van der Waals surface area contributed by atoms with E-state index in [0.29, 0.717) is 18.7 Å². The van der Waals surface area contributed by atoms with Crippen LogP contribution in [0.15, 0.2) is 97.3 Å². The molecule has 0 N–H and O–H groups in total. The van der Waals surface area contributed by atoms with E-state index in [4.69, 9.17) is 0 Å². The van der Waals surface area contributed by atoms with Crippen molar-refractivity contribution in [1.82, 2.24) is 14.8 Å². The van der Waals surface area contributed by atoms with E-state index in [0.717, 1.165) is 17.3 Å². The van der Waals surface area contributed by atoms with Crippen LogP contribution in [0.5, 0.6) is 0 Å². The lowest BCUT2D eigenvalue weighted by Gasteiger charge is -2.44. The Morgan fingerprint density at radius 1 is 0.912 bits per heavy atom. The van der Waals surface area contributed by atoms with Gasteiger partial charge in [-0.3, -0.25) is 14.7 Å². The highest BCUT2D eigenvalue weighted by Crippen LogP contribution is 2.32. The third-order valence-electron chi connectivity index (χ3n) is 6.60. The van der Waals surface area contributed by atoms with Crippen molar-refractivity contribution in [3.05, 3.63) is 114 Å². The number of fused-ring (bicyclic) bond motifs is 1. The molecule has 5 nitrogen and oxygen atoms in total. The molecule has 1 aliphatic heterocycles. The zero-order valence-corrected chi connectivity index (χ0v) is 18.9. The fourth-order valence-electron chi connectivity index (χ4n) is 4.99. The Hall–Kier alpha value is -4.01. The second-order valence-electron chi connectivity index (χ2n) is 8.64. The molecule has 0 spiro atoms. The van der Waals surface area contributed by atoms with Crippen LogP contribution in [-0.2, 0) is 0 Å². The Morgan fingerprint density at radius 2 is 1.56 bits per heavy atom. The number of nitrogens with zero attached hydrogens (tertiary/aromatic N) is 4. The molecule has 1 amide bonds. The zero-order chi connectivity index (χ0) is 23.3. The average Bonchev–Trinajstić information content (AvgIpc) is 2.90. The Balaban J connectivity index is 1.46. The lowest BCUT2D eigenvalue weighted by Crippen LogP contribution is -2.55. The van der Waals surface area contributed by atoms with E-state index in [9.17, 15) is 10.1 Å². The second kappa shape index (κ2) is 9.86. The Kier molecular flexibility index (Phi) is 6.33. The Bertz CT molecular complexity index is 1270. The van der Waals surface area contributed by atoms with E-state index in [1.54, 1.807) is 12.4 Å². The number of amides is 1. The number of pyridine rings is 1. The van der Waals surface area contributed by atoms with Crippen LogP contribution in [0.1, 0.15) is 33.9 Å². The number of rotatable bonds is 5. The van der Waals surface area contributed by atoms with Crippen molar-refractivity contribution in [2.24, 2.45) is 0 Å². The van der Waals surface area contributed by atoms with Crippen molar-refractivity contribution in [3.63, 3.8) is 0 Å². The van der Waals surface area contributed by atoms with Gasteiger partial charge in [-0.1, -0.05) is 84.9 Å². The number of hydrogen-bond acceptors (Lipinski definition) is 4. The molecule has 0 bridgehead atoms. The summed E-state index contributed by atoms with van der Waals surface area (Å²) < 4.78 is 0. The molecule has 1 atom stereocenters. The summed E-state index contributed by atoms with van der Waals surface area (Å²) in [5.74, 6) is -0.0554. The zero-order valence-electron chi connectivity index (χ0n) is 18.9. The molecule has 0 unspecified atom stereocenters. The Morgan fingerprint density at radius 3 is 2.24 bits per heavy atom. The van der Waals surface area contributed by atoms with E-state index in [-0.39, 0.29) is 24.4 Å². The molecule has 1 saturated heterocycles. The number of carbonyl (C=O) groups is 1. The summed E-state index contributed by atoms with van der Waals surface area (Å²) in [4.78, 5) is 22.2. The first-order chi connectivity index (χ1) is 16.8. The van der Waals surface area contributed by atoms with Gasteiger partial charge in [0, 0.05) is 37.4 Å². The molecule has 1 aromatic heterocycles. The first kappa shape index (κ1) is 21.8. The number of nitriles is 1. The average molecular weight is 447 g/mol. The topological polar surface area (TPSA) is 60.2 Å². The number of benzene rings is 3. The maximum atomic E-state index is 13.7. The van der Waals surface area contributed by atoms with Crippen molar-refractivity contribution in [1.29, 1.82) is 5.26 Å². The van der Waals surface area contributed by atoms with Gasteiger partial charge in [0.25, 0.3) is 5.91 Å². The normalized spacial score (nSPS) is 16.5. The Labute approximate surface area is 199 Å². The van der Waals surface area contributed by atoms with E-state index >= 15 is 0 Å². The van der Waals surface area contributed by atoms with Crippen LogP contribution in [0.25, 0.3) is 10.8 Å². The molecule has 0 aliphatic carbocycles. The number of piperazine rings is 1. The highest BCUT2D eigenvalue weighted by atomic mass is 16.2. The van der Waals surface area contributed by atoms with Gasteiger partial charge in [-0.15, -0.1) is 0 Å². The van der Waals surface area contributed by atoms with Gasteiger partial charge in [-0.2, -0.15) is 5.26 Å². The van der Waals surface area contributed by atoms with Crippen LogP contribution in [-0.4, -0.2) is 46.4 Å². The highest BCUT2D eigenvalue weighted by molar-refractivity contribution is 6.06. The summed E-state index contributed by atoms with van der Waals surface area (Å²) in [6.45, 7) is 1.91. The first-order valence-electron chi connectivity index (χ1n) is 11.6. The molecule has 3 aromatic carbocycles. The SMILES string of the molecule is N#CC[C@@H]1CN(C(c2ccccc2)c2ccccc2)CCN1C(=O)c1cncc2ccccc12. The largest absolute Gasteiger partial charge is 0.332 e. The van der Waals surface area contributed by atoms with E-state index in [2.05, 4.69) is 64.5 Å². The van der Waals surface area contributed by atoms with Crippen LogP contribution in [0.2, 0.25) is 0 Å². The monoisotopic (exact) mass is 446 g/mol. The van der Waals surface area contributed by atoms with Crippen LogP contribution in [0.3, 0.4) is 0 Å². The molecule has 5 rings (SSSR count). The number of hydrogen-bond donors (Lipinski definition) is 0. The minimum absolute atomic E-state index is 0.0554. The quantitative estimate of drug-likeness (QED) is 0.430.